The van der Waals surface area contributed by atoms with Gasteiger partial charge in [-0.1, -0.05) is 0 Å². The average molecular weight is 251 g/mol. The maximum Gasteiger partial charge on any atom is 0.250 e. The first-order chi connectivity index (χ1) is 8.65. The van der Waals surface area contributed by atoms with E-state index in [0.717, 1.165) is 0 Å². The summed E-state index contributed by atoms with van der Waals surface area (Å²) in [4.78, 5) is 11.6. The molecule has 1 heterocycles. The van der Waals surface area contributed by atoms with Gasteiger partial charge >= 0.3 is 0 Å². The lowest BCUT2D eigenvalue weighted by molar-refractivity contribution is -0.121. The molecule has 0 spiro atoms. The molecule has 1 aliphatic heterocycles. The van der Waals surface area contributed by atoms with Crippen molar-refractivity contribution in [1.29, 1.82) is 0 Å². The Bertz CT molecular complexity index is 431. The molecule has 0 aliphatic carbocycles. The summed E-state index contributed by atoms with van der Waals surface area (Å²) in [6.07, 6.45) is 0.0380. The van der Waals surface area contributed by atoms with Gasteiger partial charge in [-0.3, -0.25) is 4.79 Å². The maximum atomic E-state index is 11.6. The lowest BCUT2D eigenvalue weighted by Gasteiger charge is -2.19. The predicted octanol–water partition coefficient (Wildman–Crippen LogP) is 1.82. The number of carbonyl (C=O) groups excluding carboxylic acids is 1. The number of benzene rings is 1. The molecule has 18 heavy (non-hydrogen) atoms. The summed E-state index contributed by atoms with van der Waals surface area (Å²) in [6.45, 7) is 4.91. The van der Waals surface area contributed by atoms with Gasteiger partial charge in [0.2, 0.25) is 5.91 Å². The molecular weight excluding hydrogens is 234 g/mol. The van der Waals surface area contributed by atoms with Crippen LogP contribution in [0.5, 0.6) is 11.5 Å². The van der Waals surface area contributed by atoms with Gasteiger partial charge in [-0.15, -0.1) is 0 Å². The average Bonchev–Trinajstić information content (AvgIpc) is 2.36. The third kappa shape index (κ3) is 3.37. The minimum Gasteiger partial charge on any atom is -0.486 e. The van der Waals surface area contributed by atoms with Gasteiger partial charge in [0.1, 0.15) is 19.8 Å². The first-order valence-corrected chi connectivity index (χ1v) is 5.96. The third-order valence-corrected chi connectivity index (χ3v) is 2.37. The third-order valence-electron chi connectivity index (χ3n) is 2.37. The highest BCUT2D eigenvalue weighted by Gasteiger charge is 2.12. The monoisotopic (exact) mass is 251 g/mol. The summed E-state index contributed by atoms with van der Waals surface area (Å²) >= 11 is 0. The summed E-state index contributed by atoms with van der Waals surface area (Å²) < 4.78 is 16.1. The van der Waals surface area contributed by atoms with Gasteiger partial charge in [0.05, 0.1) is 6.10 Å². The quantitative estimate of drug-likeness (QED) is 0.886. The van der Waals surface area contributed by atoms with Crippen LogP contribution in [-0.4, -0.2) is 31.8 Å². The Hall–Kier alpha value is -1.75. The topological polar surface area (TPSA) is 56.8 Å². The van der Waals surface area contributed by atoms with Crippen LogP contribution >= 0.6 is 0 Å². The van der Waals surface area contributed by atoms with E-state index in [0.29, 0.717) is 30.4 Å². The number of hydrogen-bond acceptors (Lipinski definition) is 4. The Morgan fingerprint density at radius 1 is 1.33 bits per heavy atom. The molecule has 2 rings (SSSR count). The Labute approximate surface area is 106 Å². The molecule has 0 atom stereocenters. The van der Waals surface area contributed by atoms with Gasteiger partial charge in [0.25, 0.3) is 0 Å². The molecule has 0 radical (unpaired) electrons. The molecule has 5 heteroatoms. The first kappa shape index (κ1) is 12.7. The van der Waals surface area contributed by atoms with E-state index >= 15 is 0 Å². The van der Waals surface area contributed by atoms with E-state index < -0.39 is 0 Å². The van der Waals surface area contributed by atoms with E-state index in [-0.39, 0.29) is 18.6 Å². The van der Waals surface area contributed by atoms with Gasteiger partial charge in [0, 0.05) is 11.8 Å². The molecule has 1 aromatic rings. The number of carbonyl (C=O) groups is 1. The second-order valence-corrected chi connectivity index (χ2v) is 4.27. The molecule has 0 saturated heterocycles. The van der Waals surface area contributed by atoms with E-state index in [1.54, 1.807) is 18.2 Å². The highest BCUT2D eigenvalue weighted by molar-refractivity contribution is 5.92. The molecule has 1 aliphatic rings. The number of rotatable bonds is 4. The van der Waals surface area contributed by atoms with Crippen LogP contribution in [0.1, 0.15) is 13.8 Å². The summed E-state index contributed by atoms with van der Waals surface area (Å²) in [5.41, 5.74) is 0.677. The lowest BCUT2D eigenvalue weighted by Crippen LogP contribution is -2.21. The van der Waals surface area contributed by atoms with Crippen LogP contribution in [0.3, 0.4) is 0 Å². The van der Waals surface area contributed by atoms with Crippen molar-refractivity contribution in [3.63, 3.8) is 0 Å². The number of hydrogen-bond donors (Lipinski definition) is 1. The Kier molecular flexibility index (Phi) is 4.04. The zero-order valence-corrected chi connectivity index (χ0v) is 10.6. The summed E-state index contributed by atoms with van der Waals surface area (Å²) in [5, 5.41) is 2.75. The van der Waals surface area contributed by atoms with Crippen molar-refractivity contribution in [2.45, 2.75) is 20.0 Å². The molecular formula is C13H17NO4. The highest BCUT2D eigenvalue weighted by atomic mass is 16.6. The lowest BCUT2D eigenvalue weighted by atomic mass is 10.2. The molecule has 98 valence electrons. The van der Waals surface area contributed by atoms with E-state index in [1.165, 1.54) is 0 Å². The predicted molar refractivity (Wildman–Crippen MR) is 67.1 cm³/mol. The van der Waals surface area contributed by atoms with Crippen LogP contribution in [-0.2, 0) is 9.53 Å². The van der Waals surface area contributed by atoms with E-state index in [1.807, 2.05) is 13.8 Å². The zero-order valence-electron chi connectivity index (χ0n) is 10.6. The second-order valence-electron chi connectivity index (χ2n) is 4.27. The zero-order chi connectivity index (χ0) is 13.0. The van der Waals surface area contributed by atoms with E-state index in [4.69, 9.17) is 14.2 Å². The highest BCUT2D eigenvalue weighted by Crippen LogP contribution is 2.32. The minimum absolute atomic E-state index is 0.0380. The van der Waals surface area contributed by atoms with Crippen LogP contribution in [0.2, 0.25) is 0 Å². The van der Waals surface area contributed by atoms with Crippen LogP contribution < -0.4 is 14.8 Å². The Morgan fingerprint density at radius 3 is 2.78 bits per heavy atom. The molecule has 0 saturated carbocycles. The second kappa shape index (κ2) is 5.73. The van der Waals surface area contributed by atoms with Crippen LogP contribution in [0.15, 0.2) is 18.2 Å². The molecule has 1 aromatic carbocycles. The fourth-order valence-electron chi connectivity index (χ4n) is 1.56. The SMILES string of the molecule is CC(C)OCC(=O)Nc1ccc2c(c1)OCCO2. The molecule has 0 fully saturated rings. The molecule has 0 aromatic heterocycles. The number of ether oxygens (including phenoxy) is 3. The van der Waals surface area contributed by atoms with E-state index in [2.05, 4.69) is 5.32 Å². The molecule has 1 amide bonds. The molecule has 5 nitrogen and oxygen atoms in total. The van der Waals surface area contributed by atoms with Crippen molar-refractivity contribution in [2.75, 3.05) is 25.1 Å². The number of fused-ring (bicyclic) bond motifs is 1. The summed E-state index contributed by atoms with van der Waals surface area (Å²) in [6, 6.07) is 5.32. The maximum absolute atomic E-state index is 11.6. The van der Waals surface area contributed by atoms with Gasteiger partial charge < -0.3 is 19.5 Å². The first-order valence-electron chi connectivity index (χ1n) is 5.96. The summed E-state index contributed by atoms with van der Waals surface area (Å²) in [5.74, 6) is 1.18. The van der Waals surface area contributed by atoms with Gasteiger partial charge in [-0.2, -0.15) is 0 Å². The van der Waals surface area contributed by atoms with Crippen molar-refractivity contribution < 1.29 is 19.0 Å². The van der Waals surface area contributed by atoms with Crippen molar-refractivity contribution in [3.05, 3.63) is 18.2 Å². The van der Waals surface area contributed by atoms with Crippen molar-refractivity contribution in [3.8, 4) is 11.5 Å². The number of amides is 1. The largest absolute Gasteiger partial charge is 0.486 e. The van der Waals surface area contributed by atoms with Gasteiger partial charge in [-0.25, -0.2) is 0 Å². The fraction of sp³-hybridized carbons (Fsp3) is 0.462. The number of nitrogens with one attached hydrogen (secondary N) is 1. The number of anilines is 1. The summed E-state index contributed by atoms with van der Waals surface area (Å²) in [7, 11) is 0. The van der Waals surface area contributed by atoms with Crippen molar-refractivity contribution in [1.82, 2.24) is 0 Å². The van der Waals surface area contributed by atoms with Crippen molar-refractivity contribution >= 4 is 11.6 Å². The van der Waals surface area contributed by atoms with Crippen LogP contribution in [0.25, 0.3) is 0 Å². The smallest absolute Gasteiger partial charge is 0.250 e. The van der Waals surface area contributed by atoms with Crippen molar-refractivity contribution in [2.24, 2.45) is 0 Å². The van der Waals surface area contributed by atoms with Gasteiger partial charge in [-0.05, 0) is 26.0 Å². The minimum atomic E-state index is -0.180. The van der Waals surface area contributed by atoms with E-state index in [9.17, 15) is 4.79 Å². The Balaban J connectivity index is 1.95. The van der Waals surface area contributed by atoms with Crippen LogP contribution in [0, 0.1) is 0 Å². The molecule has 1 N–H and O–H groups in total. The molecule has 0 bridgehead atoms. The van der Waals surface area contributed by atoms with Crippen LogP contribution in [0.4, 0.5) is 5.69 Å². The standard InChI is InChI=1S/C13H17NO4/c1-9(2)18-8-13(15)14-10-3-4-11-12(7-10)17-6-5-16-11/h3-4,7,9H,5-6,8H2,1-2H3,(H,14,15). The normalized spacial score (nSPS) is 13.5. The molecule has 0 unspecified atom stereocenters. The fourth-order valence-corrected chi connectivity index (χ4v) is 1.56. The Morgan fingerprint density at radius 2 is 2.06 bits per heavy atom. The van der Waals surface area contributed by atoms with Gasteiger partial charge in [0.15, 0.2) is 11.5 Å².